The standard InChI is InChI=1S/C25H34N6O7S/c1-15-8-16(2)23(17(3)9-15)39(36,37)30-20(24(33)34)12-29-22(32)14-38-19-10-18(31(13-19)25(26)35)11-28-21-6-4-5-7-27-21/h4-9,18-20,30H,10-14H2,1-3H3,(H2,26,35)(H,27,28)(H,29,32)(H,33,34). The Balaban J connectivity index is 1.52. The highest BCUT2D eigenvalue weighted by atomic mass is 32.2. The second-order valence-electron chi connectivity index (χ2n) is 9.45. The number of hydrogen-bond donors (Lipinski definition) is 5. The van der Waals surface area contributed by atoms with Crippen LogP contribution in [0.5, 0.6) is 0 Å². The number of rotatable bonds is 12. The van der Waals surface area contributed by atoms with Crippen molar-refractivity contribution in [1.29, 1.82) is 0 Å². The van der Waals surface area contributed by atoms with Gasteiger partial charge >= 0.3 is 12.0 Å². The molecule has 0 spiro atoms. The van der Waals surface area contributed by atoms with Crippen molar-refractivity contribution in [2.24, 2.45) is 5.73 Å². The highest BCUT2D eigenvalue weighted by molar-refractivity contribution is 7.89. The number of aromatic nitrogens is 1. The van der Waals surface area contributed by atoms with E-state index in [1.165, 1.54) is 4.90 Å². The van der Waals surface area contributed by atoms with Crippen LogP contribution in [0.4, 0.5) is 10.6 Å². The summed E-state index contributed by atoms with van der Waals surface area (Å²) < 4.78 is 33.7. The van der Waals surface area contributed by atoms with Crippen LogP contribution in [0.25, 0.3) is 0 Å². The minimum Gasteiger partial charge on any atom is -0.480 e. The third-order valence-electron chi connectivity index (χ3n) is 6.27. The summed E-state index contributed by atoms with van der Waals surface area (Å²) in [7, 11) is -4.17. The first-order chi connectivity index (χ1) is 18.4. The molecule has 1 aliphatic rings. The normalized spacial score (nSPS) is 18.0. The van der Waals surface area contributed by atoms with E-state index in [2.05, 4.69) is 20.3 Å². The molecule has 0 bridgehead atoms. The molecule has 39 heavy (non-hydrogen) atoms. The first kappa shape index (κ1) is 29.8. The molecule has 1 fully saturated rings. The van der Waals surface area contributed by atoms with E-state index in [1.807, 2.05) is 13.0 Å². The number of benzene rings is 1. The maximum Gasteiger partial charge on any atom is 0.323 e. The van der Waals surface area contributed by atoms with Gasteiger partial charge in [-0.2, -0.15) is 4.72 Å². The summed E-state index contributed by atoms with van der Waals surface area (Å²) in [5, 5.41) is 15.1. The van der Waals surface area contributed by atoms with Gasteiger partial charge in [0.15, 0.2) is 0 Å². The van der Waals surface area contributed by atoms with E-state index >= 15 is 0 Å². The van der Waals surface area contributed by atoms with E-state index in [0.717, 1.165) is 5.56 Å². The molecular weight excluding hydrogens is 528 g/mol. The number of carboxylic acid groups (broad SMARTS) is 1. The molecule has 0 saturated carbocycles. The van der Waals surface area contributed by atoms with Gasteiger partial charge in [-0.25, -0.2) is 18.2 Å². The number of carbonyl (C=O) groups excluding carboxylic acids is 2. The predicted molar refractivity (Wildman–Crippen MR) is 143 cm³/mol. The second-order valence-corrected chi connectivity index (χ2v) is 11.1. The zero-order valence-corrected chi connectivity index (χ0v) is 22.8. The summed E-state index contributed by atoms with van der Waals surface area (Å²) >= 11 is 0. The summed E-state index contributed by atoms with van der Waals surface area (Å²) in [6.07, 6.45) is 1.58. The van der Waals surface area contributed by atoms with Crippen LogP contribution in [-0.2, 0) is 24.3 Å². The van der Waals surface area contributed by atoms with Crippen LogP contribution in [-0.4, -0.2) is 85.7 Å². The van der Waals surface area contributed by atoms with Crippen LogP contribution in [0, 0.1) is 20.8 Å². The first-order valence-corrected chi connectivity index (χ1v) is 13.8. The number of sulfonamides is 1. The van der Waals surface area contributed by atoms with Crippen LogP contribution in [0.3, 0.4) is 0 Å². The molecule has 0 aliphatic carbocycles. The summed E-state index contributed by atoms with van der Waals surface area (Å²) in [6.45, 7) is 4.76. The molecule has 13 nitrogen and oxygen atoms in total. The van der Waals surface area contributed by atoms with Crippen molar-refractivity contribution in [1.82, 2.24) is 19.9 Å². The lowest BCUT2D eigenvalue weighted by Gasteiger charge is -2.22. The van der Waals surface area contributed by atoms with Crippen LogP contribution >= 0.6 is 0 Å². The third kappa shape index (κ3) is 8.12. The van der Waals surface area contributed by atoms with E-state index in [1.54, 1.807) is 44.3 Å². The summed E-state index contributed by atoms with van der Waals surface area (Å²) in [5.74, 6) is -1.44. The third-order valence-corrected chi connectivity index (χ3v) is 8.04. The molecule has 2 heterocycles. The van der Waals surface area contributed by atoms with E-state index < -0.39 is 53.2 Å². The summed E-state index contributed by atoms with van der Waals surface area (Å²) in [6, 6.07) is 6.28. The quantitative estimate of drug-likeness (QED) is 0.245. The molecule has 3 unspecified atom stereocenters. The van der Waals surface area contributed by atoms with Gasteiger partial charge in [0.25, 0.3) is 0 Å². The van der Waals surface area contributed by atoms with Gasteiger partial charge < -0.3 is 31.1 Å². The molecular formula is C25H34N6O7S. The molecule has 14 heteroatoms. The molecule has 3 atom stereocenters. The molecule has 3 rings (SSSR count). The number of carbonyl (C=O) groups is 3. The highest BCUT2D eigenvalue weighted by Gasteiger charge is 2.35. The van der Waals surface area contributed by atoms with Gasteiger partial charge in [-0.1, -0.05) is 23.8 Å². The Labute approximate surface area is 227 Å². The second kappa shape index (κ2) is 12.9. The number of ether oxygens (including phenoxy) is 1. The number of likely N-dealkylation sites (tertiary alicyclic amines) is 1. The Morgan fingerprint density at radius 1 is 1.21 bits per heavy atom. The number of amides is 3. The minimum atomic E-state index is -4.17. The number of hydrogen-bond acceptors (Lipinski definition) is 8. The molecule has 6 N–H and O–H groups in total. The Morgan fingerprint density at radius 2 is 1.90 bits per heavy atom. The van der Waals surface area contributed by atoms with Crippen molar-refractivity contribution in [3.05, 3.63) is 53.2 Å². The fraction of sp³-hybridized carbons (Fsp3) is 0.440. The highest BCUT2D eigenvalue weighted by Crippen LogP contribution is 2.22. The maximum absolute atomic E-state index is 12.9. The lowest BCUT2D eigenvalue weighted by atomic mass is 10.1. The molecule has 1 aromatic heterocycles. The van der Waals surface area contributed by atoms with Crippen molar-refractivity contribution in [2.45, 2.75) is 50.3 Å². The number of carboxylic acids is 1. The molecule has 2 aromatic rings. The number of nitrogens with one attached hydrogen (secondary N) is 3. The lowest BCUT2D eigenvalue weighted by Crippen LogP contribution is -2.49. The smallest absolute Gasteiger partial charge is 0.323 e. The monoisotopic (exact) mass is 562 g/mol. The van der Waals surface area contributed by atoms with Crippen LogP contribution in [0.1, 0.15) is 23.1 Å². The zero-order chi connectivity index (χ0) is 28.7. The summed E-state index contributed by atoms with van der Waals surface area (Å²) in [5.41, 5.74) is 7.34. The SMILES string of the molecule is Cc1cc(C)c(S(=O)(=O)NC(CNC(=O)COC2CC(CNc3ccccn3)N(C(N)=O)C2)C(=O)O)c(C)c1. The van der Waals surface area contributed by atoms with Crippen LogP contribution in [0.2, 0.25) is 0 Å². The van der Waals surface area contributed by atoms with E-state index in [-0.39, 0.29) is 17.5 Å². The van der Waals surface area contributed by atoms with Crippen molar-refractivity contribution in [3.8, 4) is 0 Å². The minimum absolute atomic E-state index is 0.00124. The number of aryl methyl sites for hydroxylation is 3. The Morgan fingerprint density at radius 3 is 2.49 bits per heavy atom. The van der Waals surface area contributed by atoms with Crippen molar-refractivity contribution < 1.29 is 32.6 Å². The van der Waals surface area contributed by atoms with E-state index in [9.17, 15) is 27.9 Å². The maximum atomic E-state index is 12.9. The van der Waals surface area contributed by atoms with Gasteiger partial charge in [0.1, 0.15) is 18.5 Å². The molecule has 212 valence electrons. The first-order valence-electron chi connectivity index (χ1n) is 12.3. The number of nitrogens with two attached hydrogens (primary N) is 1. The van der Waals surface area contributed by atoms with Crippen molar-refractivity contribution in [3.63, 3.8) is 0 Å². The fourth-order valence-electron chi connectivity index (χ4n) is 4.62. The number of pyridine rings is 1. The molecule has 0 radical (unpaired) electrons. The fourth-order valence-corrected chi connectivity index (χ4v) is 6.27. The molecule has 3 amide bonds. The van der Waals surface area contributed by atoms with Gasteiger partial charge in [0.05, 0.1) is 17.0 Å². The van der Waals surface area contributed by atoms with Crippen LogP contribution in [0.15, 0.2) is 41.4 Å². The van der Waals surface area contributed by atoms with Gasteiger partial charge in [-0.15, -0.1) is 0 Å². The van der Waals surface area contributed by atoms with Crippen molar-refractivity contribution in [2.75, 3.05) is 31.6 Å². The molecule has 1 aliphatic heterocycles. The van der Waals surface area contributed by atoms with Crippen LogP contribution < -0.4 is 21.1 Å². The van der Waals surface area contributed by atoms with Gasteiger partial charge in [-0.05, 0) is 50.5 Å². The summed E-state index contributed by atoms with van der Waals surface area (Å²) in [4.78, 5) is 41.6. The van der Waals surface area contributed by atoms with Gasteiger partial charge in [0.2, 0.25) is 15.9 Å². The number of nitrogens with zero attached hydrogens (tertiary/aromatic N) is 2. The molecule has 1 aromatic carbocycles. The van der Waals surface area contributed by atoms with E-state index in [4.69, 9.17) is 10.5 Å². The average molecular weight is 563 g/mol. The van der Waals surface area contributed by atoms with Crippen molar-refractivity contribution >= 4 is 33.7 Å². The topological polar surface area (TPSA) is 193 Å². The number of anilines is 1. The lowest BCUT2D eigenvalue weighted by molar-refractivity contribution is -0.139. The molecule has 1 saturated heterocycles. The van der Waals surface area contributed by atoms with Gasteiger partial charge in [0, 0.05) is 25.8 Å². The number of primary amides is 1. The Kier molecular flexibility index (Phi) is 9.83. The predicted octanol–water partition coefficient (Wildman–Crippen LogP) is 0.505. The van der Waals surface area contributed by atoms with E-state index in [0.29, 0.717) is 29.9 Å². The average Bonchev–Trinajstić information content (AvgIpc) is 3.27. The van der Waals surface area contributed by atoms with Gasteiger partial charge in [-0.3, -0.25) is 9.59 Å². The number of aliphatic carboxylic acids is 1. The number of urea groups is 1. The largest absolute Gasteiger partial charge is 0.480 e. The Bertz CT molecular complexity index is 1280. The zero-order valence-electron chi connectivity index (χ0n) is 22.0. The Hall–Kier alpha value is -3.75.